The lowest BCUT2D eigenvalue weighted by Gasteiger charge is -2.32. The molecule has 1 amide bonds. The van der Waals surface area contributed by atoms with Gasteiger partial charge in [0.1, 0.15) is 18.2 Å². The largest absolute Gasteiger partial charge is 0.493 e. The summed E-state index contributed by atoms with van der Waals surface area (Å²) in [6.07, 6.45) is 2.66. The van der Waals surface area contributed by atoms with Crippen LogP contribution in [0.1, 0.15) is 19.8 Å². The molecule has 140 valence electrons. The Morgan fingerprint density at radius 2 is 1.88 bits per heavy atom. The number of aromatic nitrogens is 2. The lowest BCUT2D eigenvalue weighted by atomic mass is 10.1. The van der Waals surface area contributed by atoms with Crippen molar-refractivity contribution in [2.24, 2.45) is 0 Å². The molecule has 26 heavy (non-hydrogen) atoms. The van der Waals surface area contributed by atoms with Crippen molar-refractivity contribution in [3.05, 3.63) is 18.5 Å². The van der Waals surface area contributed by atoms with Crippen LogP contribution in [-0.4, -0.2) is 56.0 Å². The first-order valence-corrected chi connectivity index (χ1v) is 8.72. The standard InChI is InChI=1S/C18H24N4O4/c1-4-19-18(23)26-12-5-7-22(8-6-12)17-13-9-15(24-2)16(25-3)10-14(13)20-11-21-17/h9-12H,4-8H2,1-3H3,(H,19,23). The molecule has 0 saturated carbocycles. The van der Waals surface area contributed by atoms with Crippen molar-refractivity contribution < 1.29 is 19.0 Å². The van der Waals surface area contributed by atoms with Gasteiger partial charge in [-0.05, 0) is 13.0 Å². The van der Waals surface area contributed by atoms with Gasteiger partial charge in [0, 0.05) is 43.9 Å². The molecule has 1 N–H and O–H groups in total. The summed E-state index contributed by atoms with van der Waals surface area (Å²) in [7, 11) is 3.21. The van der Waals surface area contributed by atoms with Crippen LogP contribution in [0.2, 0.25) is 0 Å². The number of carbonyl (C=O) groups is 1. The fourth-order valence-corrected chi connectivity index (χ4v) is 3.14. The molecule has 8 heteroatoms. The Hall–Kier alpha value is -2.77. The number of benzene rings is 1. The van der Waals surface area contributed by atoms with Crippen molar-refractivity contribution in [1.29, 1.82) is 0 Å². The summed E-state index contributed by atoms with van der Waals surface area (Å²) >= 11 is 0. The van der Waals surface area contributed by atoms with Gasteiger partial charge in [0.2, 0.25) is 0 Å². The number of methoxy groups -OCH3 is 2. The number of nitrogens with zero attached hydrogens (tertiary/aromatic N) is 3. The maximum atomic E-state index is 11.6. The molecule has 0 atom stereocenters. The highest BCUT2D eigenvalue weighted by atomic mass is 16.6. The molecule has 0 unspecified atom stereocenters. The molecule has 2 heterocycles. The quantitative estimate of drug-likeness (QED) is 0.876. The molecular formula is C18H24N4O4. The Balaban J connectivity index is 1.78. The SMILES string of the molecule is CCNC(=O)OC1CCN(c2ncnc3cc(OC)c(OC)cc23)CC1. The lowest BCUT2D eigenvalue weighted by molar-refractivity contribution is 0.0836. The Morgan fingerprint density at radius 3 is 2.54 bits per heavy atom. The van der Waals surface area contributed by atoms with Crippen molar-refractivity contribution >= 4 is 22.8 Å². The van der Waals surface area contributed by atoms with E-state index < -0.39 is 0 Å². The molecule has 1 aliphatic rings. The van der Waals surface area contributed by atoms with Gasteiger partial charge in [-0.2, -0.15) is 0 Å². The Kier molecular flexibility index (Phi) is 5.60. The van der Waals surface area contributed by atoms with Crippen molar-refractivity contribution in [1.82, 2.24) is 15.3 Å². The first-order chi connectivity index (χ1) is 12.7. The highest BCUT2D eigenvalue weighted by Gasteiger charge is 2.24. The Labute approximate surface area is 152 Å². The molecule has 1 aliphatic heterocycles. The van der Waals surface area contributed by atoms with Gasteiger partial charge in [-0.1, -0.05) is 0 Å². The van der Waals surface area contributed by atoms with Crippen LogP contribution in [0.3, 0.4) is 0 Å². The van der Waals surface area contributed by atoms with Gasteiger partial charge in [-0.25, -0.2) is 14.8 Å². The van der Waals surface area contributed by atoms with E-state index in [2.05, 4.69) is 20.2 Å². The summed E-state index contributed by atoms with van der Waals surface area (Å²) in [5.41, 5.74) is 0.799. The molecule has 0 aliphatic carbocycles. The fraction of sp³-hybridized carbons (Fsp3) is 0.500. The van der Waals surface area contributed by atoms with Gasteiger partial charge in [0.25, 0.3) is 0 Å². The summed E-state index contributed by atoms with van der Waals surface area (Å²) in [5, 5.41) is 3.57. The first-order valence-electron chi connectivity index (χ1n) is 8.72. The third kappa shape index (κ3) is 3.74. The first kappa shape index (κ1) is 18.0. The third-order valence-electron chi connectivity index (χ3n) is 4.46. The summed E-state index contributed by atoms with van der Waals surface area (Å²) < 4.78 is 16.2. The molecule has 0 spiro atoms. The number of nitrogens with one attached hydrogen (secondary N) is 1. The molecule has 0 bridgehead atoms. The molecule has 1 aromatic carbocycles. The van der Waals surface area contributed by atoms with Gasteiger partial charge in [-0.15, -0.1) is 0 Å². The zero-order chi connectivity index (χ0) is 18.5. The number of hydrogen-bond donors (Lipinski definition) is 1. The number of hydrogen-bond acceptors (Lipinski definition) is 7. The molecule has 2 aromatic rings. The molecule has 1 fully saturated rings. The van der Waals surface area contributed by atoms with Crippen LogP contribution in [0.5, 0.6) is 11.5 Å². The number of piperidine rings is 1. The van der Waals surface area contributed by atoms with E-state index in [9.17, 15) is 4.79 Å². The number of carbonyl (C=O) groups excluding carboxylic acids is 1. The monoisotopic (exact) mass is 360 g/mol. The van der Waals surface area contributed by atoms with Gasteiger partial charge >= 0.3 is 6.09 Å². The molecule has 8 nitrogen and oxygen atoms in total. The highest BCUT2D eigenvalue weighted by molar-refractivity contribution is 5.92. The van der Waals surface area contributed by atoms with Crippen LogP contribution in [-0.2, 0) is 4.74 Å². The number of anilines is 1. The minimum absolute atomic E-state index is 0.0690. The zero-order valence-electron chi connectivity index (χ0n) is 15.3. The van der Waals surface area contributed by atoms with E-state index >= 15 is 0 Å². The van der Waals surface area contributed by atoms with Crippen molar-refractivity contribution in [2.45, 2.75) is 25.9 Å². The van der Waals surface area contributed by atoms with Crippen LogP contribution in [0.4, 0.5) is 10.6 Å². The second kappa shape index (κ2) is 8.07. The van der Waals surface area contributed by atoms with Crippen molar-refractivity contribution in [3.8, 4) is 11.5 Å². The van der Waals surface area contributed by atoms with Crippen molar-refractivity contribution in [3.63, 3.8) is 0 Å². The normalized spacial score (nSPS) is 15.0. The Morgan fingerprint density at radius 1 is 1.19 bits per heavy atom. The van der Waals surface area contributed by atoms with Gasteiger partial charge in [0.05, 0.1) is 19.7 Å². The topological polar surface area (TPSA) is 85.8 Å². The maximum Gasteiger partial charge on any atom is 0.407 e. The van der Waals surface area contributed by atoms with Crippen LogP contribution in [0.15, 0.2) is 18.5 Å². The van der Waals surface area contributed by atoms with Crippen molar-refractivity contribution in [2.75, 3.05) is 38.8 Å². The lowest BCUT2D eigenvalue weighted by Crippen LogP contribution is -2.40. The number of amides is 1. The van der Waals surface area contributed by atoms with Crippen LogP contribution >= 0.6 is 0 Å². The van der Waals surface area contributed by atoms with E-state index in [0.717, 1.165) is 42.7 Å². The highest BCUT2D eigenvalue weighted by Crippen LogP contribution is 2.35. The van der Waals surface area contributed by atoms with Gasteiger partial charge in [-0.3, -0.25) is 0 Å². The molecular weight excluding hydrogens is 336 g/mol. The van der Waals surface area contributed by atoms with Gasteiger partial charge in [0.15, 0.2) is 11.5 Å². The van der Waals surface area contributed by atoms with E-state index in [1.54, 1.807) is 20.5 Å². The van der Waals surface area contributed by atoms with Crippen LogP contribution < -0.4 is 19.7 Å². The average molecular weight is 360 g/mol. The number of alkyl carbamates (subject to hydrolysis) is 1. The van der Waals surface area contributed by atoms with E-state index in [1.165, 1.54) is 0 Å². The van der Waals surface area contributed by atoms with E-state index in [1.807, 2.05) is 19.1 Å². The summed E-state index contributed by atoms with van der Waals surface area (Å²) in [6, 6.07) is 3.76. The van der Waals surface area contributed by atoms with E-state index in [-0.39, 0.29) is 12.2 Å². The smallest absolute Gasteiger partial charge is 0.407 e. The molecule has 3 rings (SSSR count). The second-order valence-corrected chi connectivity index (χ2v) is 6.04. The number of rotatable bonds is 5. The predicted octanol–water partition coefficient (Wildman–Crippen LogP) is 2.36. The minimum Gasteiger partial charge on any atom is -0.493 e. The molecule has 1 saturated heterocycles. The van der Waals surface area contributed by atoms with Crippen LogP contribution in [0.25, 0.3) is 10.9 Å². The number of fused-ring (bicyclic) bond motifs is 1. The average Bonchev–Trinajstić information content (AvgIpc) is 2.67. The van der Waals surface area contributed by atoms with Crippen LogP contribution in [0, 0.1) is 0 Å². The zero-order valence-corrected chi connectivity index (χ0v) is 15.3. The molecule has 1 aromatic heterocycles. The second-order valence-electron chi connectivity index (χ2n) is 6.04. The van der Waals surface area contributed by atoms with E-state index in [0.29, 0.717) is 18.0 Å². The fourth-order valence-electron chi connectivity index (χ4n) is 3.14. The maximum absolute atomic E-state index is 11.6. The minimum atomic E-state index is -0.352. The predicted molar refractivity (Wildman–Crippen MR) is 98.0 cm³/mol. The number of ether oxygens (including phenoxy) is 3. The third-order valence-corrected chi connectivity index (χ3v) is 4.46. The summed E-state index contributed by atoms with van der Waals surface area (Å²) in [6.45, 7) is 3.94. The summed E-state index contributed by atoms with van der Waals surface area (Å²) in [5.74, 6) is 2.14. The van der Waals surface area contributed by atoms with E-state index in [4.69, 9.17) is 14.2 Å². The van der Waals surface area contributed by atoms with Gasteiger partial charge < -0.3 is 24.4 Å². The summed E-state index contributed by atoms with van der Waals surface area (Å²) in [4.78, 5) is 22.6. The Bertz CT molecular complexity index is 775. The molecule has 0 radical (unpaired) electrons.